The third kappa shape index (κ3) is 8.86. The predicted octanol–water partition coefficient (Wildman–Crippen LogP) is 3.94. The number of hydrogen-bond acceptors (Lipinski definition) is 7. The van der Waals surface area contributed by atoms with Crippen molar-refractivity contribution in [3.63, 3.8) is 0 Å². The molecule has 1 aromatic rings. The van der Waals surface area contributed by atoms with Crippen LogP contribution in [-0.4, -0.2) is 102 Å². The summed E-state index contributed by atoms with van der Waals surface area (Å²) in [4.78, 5) is 54.1. The van der Waals surface area contributed by atoms with Crippen LogP contribution in [-0.2, 0) is 23.9 Å². The van der Waals surface area contributed by atoms with Crippen molar-refractivity contribution >= 4 is 23.7 Å². The van der Waals surface area contributed by atoms with Gasteiger partial charge in [-0.25, -0.2) is 5.01 Å². The SMILES string of the molecule is CCCC(=O)N(C(C(=O)N(C)[C@@H]([C@@H](C)CC)[C@@H](CC(=O)n1cccc1[C@H](OC)[C@@H](C)C(=O)O)OC)C(C)C)N(C)C. The Kier molecular flexibility index (Phi) is 14.7. The molecule has 2 amide bonds. The van der Waals surface area contributed by atoms with Crippen molar-refractivity contribution in [1.29, 1.82) is 0 Å². The van der Waals surface area contributed by atoms with E-state index in [-0.39, 0.29) is 36.0 Å². The molecule has 0 bridgehead atoms. The Morgan fingerprint density at radius 2 is 1.61 bits per heavy atom. The Morgan fingerprint density at radius 3 is 2.05 bits per heavy atom. The first kappa shape index (κ1) is 36.3. The van der Waals surface area contributed by atoms with Gasteiger partial charge in [0.05, 0.1) is 30.2 Å². The minimum atomic E-state index is -1.03. The number of hydrogen-bond donors (Lipinski definition) is 1. The normalized spacial score (nSPS) is 16.1. The van der Waals surface area contributed by atoms with E-state index >= 15 is 0 Å². The lowest BCUT2D eigenvalue weighted by molar-refractivity contribution is -0.166. The molecular formula is C30H52N4O7. The molecule has 0 aromatic carbocycles. The molecule has 1 N–H and O–H groups in total. The highest BCUT2D eigenvalue weighted by Gasteiger charge is 2.41. The number of rotatable bonds is 17. The molecule has 0 aliphatic carbocycles. The van der Waals surface area contributed by atoms with Gasteiger partial charge in [0.2, 0.25) is 17.7 Å². The lowest BCUT2D eigenvalue weighted by atomic mass is 9.89. The largest absolute Gasteiger partial charge is 0.481 e. The maximum atomic E-state index is 14.1. The molecule has 1 unspecified atom stereocenters. The van der Waals surface area contributed by atoms with Crippen LogP contribution < -0.4 is 0 Å². The van der Waals surface area contributed by atoms with Gasteiger partial charge in [0.1, 0.15) is 12.1 Å². The fourth-order valence-electron chi connectivity index (χ4n) is 5.40. The van der Waals surface area contributed by atoms with E-state index in [2.05, 4.69) is 0 Å². The third-order valence-electron chi connectivity index (χ3n) is 7.82. The lowest BCUT2D eigenvalue weighted by Gasteiger charge is -2.43. The summed E-state index contributed by atoms with van der Waals surface area (Å²) < 4.78 is 12.7. The van der Waals surface area contributed by atoms with Crippen LogP contribution in [0.15, 0.2) is 18.3 Å². The molecule has 0 aliphatic rings. The molecule has 41 heavy (non-hydrogen) atoms. The Hall–Kier alpha value is -2.76. The Labute approximate surface area is 245 Å². The van der Waals surface area contributed by atoms with E-state index < -0.39 is 36.2 Å². The van der Waals surface area contributed by atoms with E-state index in [0.717, 1.165) is 6.42 Å². The topological polar surface area (TPSA) is 122 Å². The summed E-state index contributed by atoms with van der Waals surface area (Å²) in [6.45, 7) is 11.3. The molecule has 0 aliphatic heterocycles. The van der Waals surface area contributed by atoms with Crippen molar-refractivity contribution in [2.24, 2.45) is 17.8 Å². The van der Waals surface area contributed by atoms with Gasteiger partial charge >= 0.3 is 5.97 Å². The van der Waals surface area contributed by atoms with Crippen LogP contribution in [0.4, 0.5) is 0 Å². The standard InChI is InChI=1S/C30H52N4O7/c1-12-15-24(35)34(31(7)8)26(19(3)4)29(37)32(9)27(20(5)13-2)23(40-10)18-25(36)33-17-14-16-22(33)28(41-11)21(6)30(38)39/h14,16-17,19-21,23,26-28H,12-13,15,18H2,1-11H3,(H,38,39)/t20-,21+,23+,26?,27-,28+/m0/s1. The van der Waals surface area contributed by atoms with Crippen LogP contribution in [0.3, 0.4) is 0 Å². The van der Waals surface area contributed by atoms with Gasteiger partial charge in [-0.05, 0) is 37.3 Å². The zero-order chi connectivity index (χ0) is 31.6. The smallest absolute Gasteiger partial charge is 0.309 e. The maximum Gasteiger partial charge on any atom is 0.309 e. The monoisotopic (exact) mass is 580 g/mol. The van der Waals surface area contributed by atoms with E-state index in [9.17, 15) is 24.3 Å². The van der Waals surface area contributed by atoms with Gasteiger partial charge in [0.25, 0.3) is 0 Å². The van der Waals surface area contributed by atoms with Gasteiger partial charge in [-0.3, -0.25) is 28.8 Å². The van der Waals surface area contributed by atoms with E-state index in [1.807, 2.05) is 34.6 Å². The lowest BCUT2D eigenvalue weighted by Crippen LogP contribution is -2.60. The van der Waals surface area contributed by atoms with Crippen LogP contribution in [0, 0.1) is 17.8 Å². The number of likely N-dealkylation sites (N-methyl/N-ethyl adjacent to an activating group) is 1. The Balaban J connectivity index is 3.44. The van der Waals surface area contributed by atoms with Crippen LogP contribution in [0.2, 0.25) is 0 Å². The second kappa shape index (κ2) is 16.6. The van der Waals surface area contributed by atoms with Gasteiger partial charge < -0.3 is 19.5 Å². The molecule has 1 aromatic heterocycles. The summed E-state index contributed by atoms with van der Waals surface area (Å²) in [6.07, 6.45) is 1.76. The number of carboxylic acid groups (broad SMARTS) is 1. The first-order valence-corrected chi connectivity index (χ1v) is 14.4. The van der Waals surface area contributed by atoms with E-state index in [4.69, 9.17) is 9.47 Å². The van der Waals surface area contributed by atoms with Gasteiger partial charge in [-0.1, -0.05) is 41.0 Å². The highest BCUT2D eigenvalue weighted by Crippen LogP contribution is 2.29. The summed E-state index contributed by atoms with van der Waals surface area (Å²) in [7, 11) is 8.15. The first-order valence-electron chi connectivity index (χ1n) is 14.4. The number of methoxy groups -OCH3 is 2. The number of carbonyl (C=O) groups excluding carboxylic acids is 3. The Morgan fingerprint density at radius 1 is 1.00 bits per heavy atom. The number of aliphatic carboxylic acids is 1. The molecule has 0 spiro atoms. The molecule has 1 rings (SSSR count). The Bertz CT molecular complexity index is 1010. The molecule has 0 saturated heterocycles. The van der Waals surface area contributed by atoms with Crippen molar-refractivity contribution in [3.05, 3.63) is 24.0 Å². The summed E-state index contributed by atoms with van der Waals surface area (Å²) in [5.74, 6) is -2.77. The molecule has 11 heteroatoms. The summed E-state index contributed by atoms with van der Waals surface area (Å²) in [5, 5.41) is 12.7. The number of carboxylic acids is 1. The molecule has 0 radical (unpaired) electrons. The van der Waals surface area contributed by atoms with E-state index in [1.165, 1.54) is 30.7 Å². The van der Waals surface area contributed by atoms with Crippen LogP contribution in [0.5, 0.6) is 0 Å². The maximum absolute atomic E-state index is 14.1. The molecular weight excluding hydrogens is 528 g/mol. The zero-order valence-electron chi connectivity index (χ0n) is 26.8. The van der Waals surface area contributed by atoms with Crippen LogP contribution >= 0.6 is 0 Å². The minimum Gasteiger partial charge on any atom is -0.481 e. The van der Waals surface area contributed by atoms with Gasteiger partial charge in [-0.15, -0.1) is 0 Å². The van der Waals surface area contributed by atoms with Crippen molar-refractivity contribution in [2.45, 2.75) is 91.5 Å². The average Bonchev–Trinajstić information content (AvgIpc) is 3.40. The number of hydrazine groups is 1. The molecule has 234 valence electrons. The number of ether oxygens (including phenoxy) is 2. The van der Waals surface area contributed by atoms with Gasteiger partial charge in [-0.2, -0.15) is 0 Å². The minimum absolute atomic E-state index is 0.0310. The fraction of sp³-hybridized carbons (Fsp3) is 0.733. The molecule has 6 atom stereocenters. The molecule has 1 heterocycles. The molecule has 11 nitrogen and oxygen atoms in total. The summed E-state index contributed by atoms with van der Waals surface area (Å²) >= 11 is 0. The molecule has 0 fully saturated rings. The molecule has 0 saturated carbocycles. The summed E-state index contributed by atoms with van der Waals surface area (Å²) in [5.41, 5.74) is 0.433. The van der Waals surface area contributed by atoms with E-state index in [0.29, 0.717) is 18.5 Å². The van der Waals surface area contributed by atoms with E-state index in [1.54, 1.807) is 49.4 Å². The van der Waals surface area contributed by atoms with Gasteiger partial charge in [0, 0.05) is 48.0 Å². The van der Waals surface area contributed by atoms with Crippen LogP contribution in [0.25, 0.3) is 0 Å². The van der Waals surface area contributed by atoms with Crippen molar-refractivity contribution in [3.8, 4) is 0 Å². The number of amides is 2. The quantitative estimate of drug-likeness (QED) is 0.275. The first-order chi connectivity index (χ1) is 19.2. The highest BCUT2D eigenvalue weighted by atomic mass is 16.5. The fourth-order valence-corrected chi connectivity index (χ4v) is 5.40. The van der Waals surface area contributed by atoms with Crippen molar-refractivity contribution < 1.29 is 33.8 Å². The predicted molar refractivity (Wildman–Crippen MR) is 157 cm³/mol. The van der Waals surface area contributed by atoms with Crippen molar-refractivity contribution in [2.75, 3.05) is 35.4 Å². The number of carbonyl (C=O) groups is 4. The highest BCUT2D eigenvalue weighted by molar-refractivity contribution is 5.88. The van der Waals surface area contributed by atoms with Gasteiger partial charge in [0.15, 0.2) is 0 Å². The second-order valence-corrected chi connectivity index (χ2v) is 11.3. The third-order valence-corrected chi connectivity index (χ3v) is 7.82. The number of aromatic nitrogens is 1. The second-order valence-electron chi connectivity index (χ2n) is 11.3. The van der Waals surface area contributed by atoms with Crippen LogP contribution in [0.1, 0.15) is 83.8 Å². The van der Waals surface area contributed by atoms with Crippen molar-refractivity contribution in [1.82, 2.24) is 19.5 Å². The number of nitrogens with zero attached hydrogens (tertiary/aromatic N) is 4. The average molecular weight is 581 g/mol. The zero-order valence-corrected chi connectivity index (χ0v) is 26.8. The summed E-state index contributed by atoms with van der Waals surface area (Å²) in [6, 6.07) is 2.15.